The molecule has 2 amide bonds. The molecule has 1 aliphatic heterocycles. The minimum atomic E-state index is -0.0680. The van der Waals surface area contributed by atoms with Crippen LogP contribution in [0.5, 0.6) is 0 Å². The van der Waals surface area contributed by atoms with Gasteiger partial charge < -0.3 is 15.1 Å². The number of amides is 2. The quantitative estimate of drug-likeness (QED) is 0.583. The highest BCUT2D eigenvalue weighted by Gasteiger charge is 2.25. The first-order valence-electron chi connectivity index (χ1n) is 10.4. The van der Waals surface area contributed by atoms with Crippen molar-refractivity contribution in [3.8, 4) is 0 Å². The number of nitrogens with zero attached hydrogens (tertiary/aromatic N) is 4. The van der Waals surface area contributed by atoms with E-state index < -0.39 is 0 Å². The predicted molar refractivity (Wildman–Crippen MR) is 128 cm³/mol. The van der Waals surface area contributed by atoms with Gasteiger partial charge >= 0.3 is 6.03 Å². The van der Waals surface area contributed by atoms with Crippen LogP contribution in [-0.4, -0.2) is 47.1 Å². The number of anilines is 2. The smallest absolute Gasteiger partial charge is 0.321 e. The fourth-order valence-electron chi connectivity index (χ4n) is 3.84. The minimum Gasteiger partial charge on any atom is -0.353 e. The highest BCUT2D eigenvalue weighted by molar-refractivity contribution is 9.10. The Morgan fingerprint density at radius 1 is 0.968 bits per heavy atom. The van der Waals surface area contributed by atoms with Gasteiger partial charge in [0.05, 0.1) is 0 Å². The van der Waals surface area contributed by atoms with Crippen LogP contribution >= 0.6 is 15.9 Å². The number of aryl methyl sites for hydroxylation is 2. The molecule has 0 radical (unpaired) electrons. The number of carbonyl (C=O) groups is 1. The zero-order valence-electron chi connectivity index (χ0n) is 17.8. The molecule has 0 bridgehead atoms. The first-order chi connectivity index (χ1) is 15.0. The Hall–Kier alpha value is -2.93. The van der Waals surface area contributed by atoms with Gasteiger partial charge in [-0.25, -0.2) is 14.8 Å². The van der Waals surface area contributed by atoms with Crippen LogP contribution in [0.25, 0.3) is 0 Å². The number of rotatable bonds is 4. The Kier molecular flexibility index (Phi) is 6.51. The van der Waals surface area contributed by atoms with Crippen molar-refractivity contribution in [2.75, 3.05) is 36.4 Å². The van der Waals surface area contributed by atoms with Gasteiger partial charge in [-0.1, -0.05) is 46.3 Å². The third-order valence-electron chi connectivity index (χ3n) is 5.49. The van der Waals surface area contributed by atoms with E-state index in [1.54, 1.807) is 0 Å². The molecule has 2 aromatic carbocycles. The summed E-state index contributed by atoms with van der Waals surface area (Å²) in [5.41, 5.74) is 4.21. The number of halogens is 1. The van der Waals surface area contributed by atoms with Gasteiger partial charge in [0.2, 0.25) is 0 Å². The Labute approximate surface area is 191 Å². The molecule has 1 N–H and O–H groups in total. The Morgan fingerprint density at radius 2 is 1.65 bits per heavy atom. The zero-order valence-corrected chi connectivity index (χ0v) is 19.4. The van der Waals surface area contributed by atoms with E-state index in [1.165, 1.54) is 5.56 Å². The van der Waals surface area contributed by atoms with Crippen LogP contribution < -0.4 is 10.2 Å². The molecule has 1 aliphatic rings. The molecular weight excluding hydrogens is 454 g/mol. The summed E-state index contributed by atoms with van der Waals surface area (Å²) < 4.78 is 0.987. The Morgan fingerprint density at radius 3 is 2.32 bits per heavy atom. The molecule has 2 heterocycles. The fraction of sp³-hybridized carbons (Fsp3) is 0.292. The van der Waals surface area contributed by atoms with Gasteiger partial charge in [-0.05, 0) is 43.7 Å². The highest BCUT2D eigenvalue weighted by atomic mass is 79.9. The molecule has 0 saturated carbocycles. The molecule has 4 rings (SSSR count). The maximum Gasteiger partial charge on any atom is 0.321 e. The summed E-state index contributed by atoms with van der Waals surface area (Å²) in [7, 11) is 0. The lowest BCUT2D eigenvalue weighted by molar-refractivity contribution is 0.208. The molecule has 1 fully saturated rings. The van der Waals surface area contributed by atoms with Crippen molar-refractivity contribution < 1.29 is 4.79 Å². The second kappa shape index (κ2) is 9.47. The molecule has 0 spiro atoms. The largest absolute Gasteiger partial charge is 0.353 e. The van der Waals surface area contributed by atoms with Gasteiger partial charge in [-0.3, -0.25) is 0 Å². The lowest BCUT2D eigenvalue weighted by atomic mass is 10.0. The van der Waals surface area contributed by atoms with Gasteiger partial charge in [0.1, 0.15) is 11.6 Å². The maximum absolute atomic E-state index is 12.7. The van der Waals surface area contributed by atoms with Gasteiger partial charge in [0.25, 0.3) is 0 Å². The summed E-state index contributed by atoms with van der Waals surface area (Å²) in [5, 5.41) is 2.98. The molecule has 31 heavy (non-hydrogen) atoms. The van der Waals surface area contributed by atoms with Gasteiger partial charge in [0, 0.05) is 54.0 Å². The fourth-order valence-corrected chi connectivity index (χ4v) is 4.11. The van der Waals surface area contributed by atoms with Gasteiger partial charge in [-0.15, -0.1) is 0 Å². The average Bonchev–Trinajstić information content (AvgIpc) is 2.78. The van der Waals surface area contributed by atoms with Crippen molar-refractivity contribution in [2.45, 2.75) is 20.3 Å². The van der Waals surface area contributed by atoms with Crippen LogP contribution in [0.3, 0.4) is 0 Å². The predicted octanol–water partition coefficient (Wildman–Crippen LogP) is 4.80. The number of urea groups is 1. The third kappa shape index (κ3) is 5.22. The van der Waals surface area contributed by atoms with Crippen LogP contribution in [0.2, 0.25) is 0 Å². The van der Waals surface area contributed by atoms with E-state index in [2.05, 4.69) is 62.3 Å². The van der Waals surface area contributed by atoms with Crippen LogP contribution in [0.4, 0.5) is 16.3 Å². The van der Waals surface area contributed by atoms with E-state index >= 15 is 0 Å². The Bertz CT molecular complexity index is 1050. The van der Waals surface area contributed by atoms with Crippen LogP contribution in [0, 0.1) is 13.8 Å². The second-order valence-electron chi connectivity index (χ2n) is 7.73. The minimum absolute atomic E-state index is 0.0680. The summed E-state index contributed by atoms with van der Waals surface area (Å²) >= 11 is 3.41. The summed E-state index contributed by atoms with van der Waals surface area (Å²) in [5.74, 6) is 1.77. The molecule has 1 aromatic heterocycles. The lowest BCUT2D eigenvalue weighted by Crippen LogP contribution is -2.50. The van der Waals surface area contributed by atoms with E-state index in [9.17, 15) is 4.79 Å². The molecule has 0 unspecified atom stereocenters. The number of nitrogens with one attached hydrogen (secondary N) is 1. The molecule has 160 valence electrons. The van der Waals surface area contributed by atoms with E-state index in [0.717, 1.165) is 52.6 Å². The van der Waals surface area contributed by atoms with Crippen LogP contribution in [-0.2, 0) is 6.42 Å². The number of hydrogen-bond acceptors (Lipinski definition) is 4. The van der Waals surface area contributed by atoms with Crippen molar-refractivity contribution in [1.82, 2.24) is 14.9 Å². The summed E-state index contributed by atoms with van der Waals surface area (Å²) in [6.07, 6.45) is 0.798. The van der Waals surface area contributed by atoms with E-state index in [-0.39, 0.29) is 6.03 Å². The Balaban J connectivity index is 1.45. The highest BCUT2D eigenvalue weighted by Crippen LogP contribution is 2.25. The lowest BCUT2D eigenvalue weighted by Gasteiger charge is -2.36. The van der Waals surface area contributed by atoms with Crippen molar-refractivity contribution in [1.29, 1.82) is 0 Å². The number of piperazine rings is 1. The van der Waals surface area contributed by atoms with E-state index in [4.69, 9.17) is 4.98 Å². The first-order valence-corrected chi connectivity index (χ1v) is 11.2. The third-order valence-corrected chi connectivity index (χ3v) is 6.02. The number of aromatic nitrogens is 2. The van der Waals surface area contributed by atoms with Crippen molar-refractivity contribution in [2.24, 2.45) is 0 Å². The molecule has 7 heteroatoms. The van der Waals surface area contributed by atoms with Crippen LogP contribution in [0.1, 0.15) is 22.6 Å². The number of benzene rings is 2. The first kappa shape index (κ1) is 21.3. The standard InChI is InChI=1S/C24H26BrN5O/c1-17-22(16-19-6-4-3-5-7-19)23(27-18(2)26-17)29-12-14-30(15-13-29)24(31)28-21-10-8-20(25)9-11-21/h3-11H,12-16H2,1-2H3,(H,28,31). The van der Waals surface area contributed by atoms with E-state index in [1.807, 2.05) is 42.2 Å². The molecule has 1 saturated heterocycles. The maximum atomic E-state index is 12.7. The SMILES string of the molecule is Cc1nc(C)c(Cc2ccccc2)c(N2CCN(C(=O)Nc3ccc(Br)cc3)CC2)n1. The number of hydrogen-bond donors (Lipinski definition) is 1. The van der Waals surface area contributed by atoms with Gasteiger partial charge in [-0.2, -0.15) is 0 Å². The molecule has 0 atom stereocenters. The van der Waals surface area contributed by atoms with Gasteiger partial charge in [0.15, 0.2) is 0 Å². The zero-order chi connectivity index (χ0) is 21.8. The topological polar surface area (TPSA) is 61.4 Å². The molecule has 0 aliphatic carbocycles. The van der Waals surface area contributed by atoms with Crippen molar-refractivity contribution >= 4 is 33.5 Å². The normalized spacial score (nSPS) is 13.9. The van der Waals surface area contributed by atoms with Crippen LogP contribution in [0.15, 0.2) is 59.1 Å². The van der Waals surface area contributed by atoms with E-state index in [0.29, 0.717) is 13.1 Å². The molecular formula is C24H26BrN5O. The number of carbonyl (C=O) groups excluding carboxylic acids is 1. The van der Waals surface area contributed by atoms with Crippen molar-refractivity contribution in [3.63, 3.8) is 0 Å². The second-order valence-corrected chi connectivity index (χ2v) is 8.65. The average molecular weight is 480 g/mol. The molecule has 3 aromatic rings. The monoisotopic (exact) mass is 479 g/mol. The summed E-state index contributed by atoms with van der Waals surface area (Å²) in [6.45, 7) is 6.77. The van der Waals surface area contributed by atoms with Crippen molar-refractivity contribution in [3.05, 3.63) is 81.7 Å². The summed E-state index contributed by atoms with van der Waals surface area (Å²) in [6, 6.07) is 18.0. The summed E-state index contributed by atoms with van der Waals surface area (Å²) in [4.78, 5) is 26.2. The molecule has 6 nitrogen and oxygen atoms in total.